The van der Waals surface area contributed by atoms with Crippen molar-refractivity contribution in [2.75, 3.05) is 6.54 Å². The number of hydrogen-bond donors (Lipinski definition) is 2. The number of amides is 1. The van der Waals surface area contributed by atoms with E-state index in [0.29, 0.717) is 0 Å². The van der Waals surface area contributed by atoms with Crippen LogP contribution < -0.4 is 5.32 Å². The third kappa shape index (κ3) is 1.99. The predicted octanol–water partition coefficient (Wildman–Crippen LogP) is 0.767. The highest BCUT2D eigenvalue weighted by molar-refractivity contribution is 5.86. The van der Waals surface area contributed by atoms with E-state index in [9.17, 15) is 9.59 Å². The third-order valence-corrected chi connectivity index (χ3v) is 2.87. The molecule has 0 aromatic rings. The Balaban J connectivity index is 2.41. The van der Waals surface area contributed by atoms with Crippen LogP contribution in [0.2, 0.25) is 0 Å². The molecule has 1 saturated carbocycles. The van der Waals surface area contributed by atoms with Crippen molar-refractivity contribution in [3.05, 3.63) is 0 Å². The number of hydrogen-bond acceptors (Lipinski definition) is 2. The normalized spacial score (nSPS) is 18.8. The number of carboxylic acid groups (broad SMARTS) is 1. The maximum absolute atomic E-state index is 11.5. The first-order chi connectivity index (χ1) is 6.10. The van der Waals surface area contributed by atoms with Crippen molar-refractivity contribution in [2.24, 2.45) is 5.41 Å². The molecule has 13 heavy (non-hydrogen) atoms. The van der Waals surface area contributed by atoms with E-state index in [4.69, 9.17) is 5.11 Å². The molecule has 1 amide bonds. The first-order valence-electron chi connectivity index (χ1n) is 4.61. The summed E-state index contributed by atoms with van der Waals surface area (Å²) in [4.78, 5) is 21.7. The van der Waals surface area contributed by atoms with E-state index >= 15 is 0 Å². The zero-order valence-electron chi connectivity index (χ0n) is 7.80. The van der Waals surface area contributed by atoms with Gasteiger partial charge in [-0.1, -0.05) is 13.3 Å². The van der Waals surface area contributed by atoms with Crippen LogP contribution in [0.1, 0.15) is 32.6 Å². The Hall–Kier alpha value is -1.06. The van der Waals surface area contributed by atoms with Gasteiger partial charge in [-0.25, -0.2) is 0 Å². The van der Waals surface area contributed by atoms with Crippen LogP contribution in [0.3, 0.4) is 0 Å². The van der Waals surface area contributed by atoms with Crippen LogP contribution in [0.5, 0.6) is 0 Å². The van der Waals surface area contributed by atoms with Gasteiger partial charge in [0.1, 0.15) is 6.54 Å². The minimum Gasteiger partial charge on any atom is -0.480 e. The molecule has 0 spiro atoms. The lowest BCUT2D eigenvalue weighted by Crippen LogP contribution is -2.46. The summed E-state index contributed by atoms with van der Waals surface area (Å²) in [6.07, 6.45) is 3.68. The standard InChI is InChI=1S/C9H15NO3/c1-2-9(4-3-5-9)8(13)10-6-7(11)12/h2-6H2,1H3,(H,10,13)(H,11,12). The molecule has 0 radical (unpaired) electrons. The highest BCUT2D eigenvalue weighted by Crippen LogP contribution is 2.43. The molecule has 2 N–H and O–H groups in total. The number of carboxylic acids is 1. The second-order valence-electron chi connectivity index (χ2n) is 3.56. The first-order valence-corrected chi connectivity index (χ1v) is 4.61. The fourth-order valence-corrected chi connectivity index (χ4v) is 1.69. The van der Waals surface area contributed by atoms with Gasteiger partial charge in [-0.15, -0.1) is 0 Å². The molecule has 1 aliphatic rings. The van der Waals surface area contributed by atoms with Gasteiger partial charge < -0.3 is 10.4 Å². The number of rotatable bonds is 4. The Morgan fingerprint density at radius 1 is 1.46 bits per heavy atom. The molecule has 1 fully saturated rings. The van der Waals surface area contributed by atoms with Crippen LogP contribution in [0.4, 0.5) is 0 Å². The van der Waals surface area contributed by atoms with Gasteiger partial charge in [-0.2, -0.15) is 0 Å². The largest absolute Gasteiger partial charge is 0.480 e. The lowest BCUT2D eigenvalue weighted by atomic mass is 9.66. The van der Waals surface area contributed by atoms with Gasteiger partial charge in [0, 0.05) is 5.41 Å². The maximum atomic E-state index is 11.5. The summed E-state index contributed by atoms with van der Waals surface area (Å²) in [5.41, 5.74) is -0.255. The van der Waals surface area contributed by atoms with Gasteiger partial charge >= 0.3 is 5.97 Å². The quantitative estimate of drug-likeness (QED) is 0.679. The van der Waals surface area contributed by atoms with Crippen molar-refractivity contribution in [3.8, 4) is 0 Å². The van der Waals surface area contributed by atoms with E-state index in [-0.39, 0.29) is 17.9 Å². The number of carbonyl (C=O) groups excluding carboxylic acids is 1. The molecule has 74 valence electrons. The lowest BCUT2D eigenvalue weighted by molar-refractivity contribution is -0.142. The Labute approximate surface area is 77.3 Å². The van der Waals surface area contributed by atoms with Crippen molar-refractivity contribution < 1.29 is 14.7 Å². The van der Waals surface area contributed by atoms with E-state index in [1.807, 2.05) is 6.92 Å². The second-order valence-corrected chi connectivity index (χ2v) is 3.56. The van der Waals surface area contributed by atoms with Crippen molar-refractivity contribution >= 4 is 11.9 Å². The van der Waals surface area contributed by atoms with E-state index in [1.54, 1.807) is 0 Å². The van der Waals surface area contributed by atoms with Crippen molar-refractivity contribution in [1.82, 2.24) is 5.32 Å². The third-order valence-electron chi connectivity index (χ3n) is 2.87. The molecule has 4 heteroatoms. The van der Waals surface area contributed by atoms with E-state index in [0.717, 1.165) is 25.7 Å². The summed E-state index contributed by atoms with van der Waals surface area (Å²) >= 11 is 0. The van der Waals surface area contributed by atoms with E-state index in [1.165, 1.54) is 0 Å². The van der Waals surface area contributed by atoms with Crippen LogP contribution in [-0.2, 0) is 9.59 Å². The van der Waals surface area contributed by atoms with Crippen LogP contribution in [0.15, 0.2) is 0 Å². The van der Waals surface area contributed by atoms with Gasteiger partial charge in [0.2, 0.25) is 5.91 Å². The predicted molar refractivity (Wildman–Crippen MR) is 47.2 cm³/mol. The van der Waals surface area contributed by atoms with Crippen LogP contribution in [0.25, 0.3) is 0 Å². The van der Waals surface area contributed by atoms with Crippen molar-refractivity contribution in [1.29, 1.82) is 0 Å². The highest BCUT2D eigenvalue weighted by atomic mass is 16.4. The van der Waals surface area contributed by atoms with Gasteiger partial charge in [-0.3, -0.25) is 9.59 Å². The summed E-state index contributed by atoms with van der Waals surface area (Å²) in [6.45, 7) is 1.71. The zero-order chi connectivity index (χ0) is 9.90. The number of nitrogens with one attached hydrogen (secondary N) is 1. The highest BCUT2D eigenvalue weighted by Gasteiger charge is 2.42. The van der Waals surface area contributed by atoms with Crippen LogP contribution in [-0.4, -0.2) is 23.5 Å². The molecule has 1 rings (SSSR count). The van der Waals surface area contributed by atoms with Gasteiger partial charge in [0.05, 0.1) is 0 Å². The molecule has 0 bridgehead atoms. The first kappa shape index (κ1) is 10.0. The van der Waals surface area contributed by atoms with Gasteiger partial charge in [-0.05, 0) is 19.3 Å². The van der Waals surface area contributed by atoms with Crippen molar-refractivity contribution in [3.63, 3.8) is 0 Å². The molecule has 0 aromatic carbocycles. The smallest absolute Gasteiger partial charge is 0.322 e. The Bertz CT molecular complexity index is 215. The molecule has 0 aromatic heterocycles. The van der Waals surface area contributed by atoms with Gasteiger partial charge in [0.15, 0.2) is 0 Å². The molecule has 1 aliphatic carbocycles. The topological polar surface area (TPSA) is 66.4 Å². The average molecular weight is 185 g/mol. The Morgan fingerprint density at radius 3 is 2.38 bits per heavy atom. The lowest BCUT2D eigenvalue weighted by Gasteiger charge is -2.39. The van der Waals surface area contributed by atoms with Crippen molar-refractivity contribution in [2.45, 2.75) is 32.6 Å². The van der Waals surface area contributed by atoms with E-state index in [2.05, 4.69) is 5.32 Å². The van der Waals surface area contributed by atoms with E-state index < -0.39 is 5.97 Å². The minimum absolute atomic E-state index is 0.0938. The molecule has 0 saturated heterocycles. The molecule has 0 atom stereocenters. The summed E-state index contributed by atoms with van der Waals surface area (Å²) in [6, 6.07) is 0. The maximum Gasteiger partial charge on any atom is 0.322 e. The SMILES string of the molecule is CCC1(C(=O)NCC(=O)O)CCC1. The number of aliphatic carboxylic acids is 1. The molecule has 0 aliphatic heterocycles. The minimum atomic E-state index is -0.987. The summed E-state index contributed by atoms with van der Waals surface area (Å²) < 4.78 is 0. The van der Waals surface area contributed by atoms with Gasteiger partial charge in [0.25, 0.3) is 0 Å². The molecular formula is C9H15NO3. The molecule has 0 unspecified atom stereocenters. The van der Waals surface area contributed by atoms with Crippen LogP contribution >= 0.6 is 0 Å². The number of carbonyl (C=O) groups is 2. The zero-order valence-corrected chi connectivity index (χ0v) is 7.80. The summed E-state index contributed by atoms with van der Waals surface area (Å²) in [5, 5.41) is 10.8. The van der Waals surface area contributed by atoms with Crippen LogP contribution in [0, 0.1) is 5.41 Å². The molecule has 0 heterocycles. The fraction of sp³-hybridized carbons (Fsp3) is 0.778. The average Bonchev–Trinajstić information content (AvgIpc) is 2.00. The monoisotopic (exact) mass is 185 g/mol. The fourth-order valence-electron chi connectivity index (χ4n) is 1.69. The summed E-state index contributed by atoms with van der Waals surface area (Å²) in [5.74, 6) is -1.08. The molecular weight excluding hydrogens is 170 g/mol. The summed E-state index contributed by atoms with van der Waals surface area (Å²) in [7, 11) is 0. The Morgan fingerprint density at radius 2 is 2.08 bits per heavy atom. The second kappa shape index (κ2) is 3.77. The Kier molecular flexibility index (Phi) is 2.90. The molecule has 4 nitrogen and oxygen atoms in total.